The average molecular weight is 487 g/mol. The number of fused-ring (bicyclic) bond motifs is 5. The molecule has 3 N–H and O–H groups in total. The second-order valence-electron chi connectivity index (χ2n) is 11.8. The zero-order chi connectivity index (χ0) is 25.4. The highest BCUT2D eigenvalue weighted by Gasteiger charge is 2.60. The van der Waals surface area contributed by atoms with Gasteiger partial charge in [0.1, 0.15) is 12.7 Å². The van der Waals surface area contributed by atoms with Gasteiger partial charge in [0.25, 0.3) is 0 Å². The summed E-state index contributed by atoms with van der Waals surface area (Å²) >= 11 is 0. The number of carbonyl (C=O) groups is 2. The molecule has 0 bridgehead atoms. The van der Waals surface area contributed by atoms with Crippen LogP contribution in [-0.2, 0) is 19.2 Å². The SMILES string of the molecule is CC(C)C1=C2CC[C@H]3[C@@H]4CC[C@H](OC(=O)/C=C/C(=O)O)[C@@]4(C)CC[C@@H]3[C@@]2(C)CC/C1=N\OCCN. The topological polar surface area (TPSA) is 111 Å². The molecule has 0 saturated heterocycles. The Morgan fingerprint density at radius 3 is 2.57 bits per heavy atom. The van der Waals surface area contributed by atoms with E-state index in [1.807, 2.05) is 0 Å². The smallest absolute Gasteiger partial charge is 0.331 e. The molecule has 0 heterocycles. The fourth-order valence-electron chi connectivity index (χ4n) is 8.18. The summed E-state index contributed by atoms with van der Waals surface area (Å²) < 4.78 is 5.82. The first-order valence-corrected chi connectivity index (χ1v) is 13.4. The zero-order valence-corrected chi connectivity index (χ0v) is 21.7. The number of oxime groups is 1. The van der Waals surface area contributed by atoms with Crippen LogP contribution in [0.3, 0.4) is 0 Å². The van der Waals surface area contributed by atoms with E-state index in [2.05, 4.69) is 32.9 Å². The van der Waals surface area contributed by atoms with Gasteiger partial charge in [0.05, 0.1) is 5.71 Å². The first-order chi connectivity index (χ1) is 16.6. The van der Waals surface area contributed by atoms with E-state index in [0.29, 0.717) is 36.8 Å². The van der Waals surface area contributed by atoms with Gasteiger partial charge in [-0.1, -0.05) is 38.4 Å². The molecule has 4 aliphatic rings. The largest absolute Gasteiger partial charge is 0.478 e. The van der Waals surface area contributed by atoms with Gasteiger partial charge in [0.2, 0.25) is 0 Å². The maximum Gasteiger partial charge on any atom is 0.331 e. The highest BCUT2D eigenvalue weighted by molar-refractivity contribution is 6.02. The summed E-state index contributed by atoms with van der Waals surface area (Å²) in [5, 5.41) is 13.3. The van der Waals surface area contributed by atoms with Gasteiger partial charge in [-0.3, -0.25) is 0 Å². The van der Waals surface area contributed by atoms with Crippen molar-refractivity contribution in [2.24, 2.45) is 45.4 Å². The van der Waals surface area contributed by atoms with E-state index < -0.39 is 11.9 Å². The molecule has 0 aromatic heterocycles. The number of nitrogens with zero attached hydrogens (tertiary/aromatic N) is 1. The molecule has 4 aliphatic carbocycles. The van der Waals surface area contributed by atoms with Crippen LogP contribution in [0.5, 0.6) is 0 Å². The van der Waals surface area contributed by atoms with Crippen molar-refractivity contribution in [2.45, 2.75) is 85.2 Å². The first kappa shape index (κ1) is 25.9. The zero-order valence-electron chi connectivity index (χ0n) is 21.7. The van der Waals surface area contributed by atoms with Crippen molar-refractivity contribution in [1.29, 1.82) is 0 Å². The van der Waals surface area contributed by atoms with E-state index in [9.17, 15) is 9.59 Å². The van der Waals surface area contributed by atoms with Gasteiger partial charge in [-0.05, 0) is 86.0 Å². The van der Waals surface area contributed by atoms with Crippen molar-refractivity contribution in [3.63, 3.8) is 0 Å². The second-order valence-corrected chi connectivity index (χ2v) is 11.8. The van der Waals surface area contributed by atoms with Crippen LogP contribution in [0, 0.1) is 34.5 Å². The third-order valence-electron chi connectivity index (χ3n) is 9.68. The number of hydrogen-bond donors (Lipinski definition) is 2. The number of carboxylic acids is 1. The maximum atomic E-state index is 12.3. The molecule has 35 heavy (non-hydrogen) atoms. The van der Waals surface area contributed by atoms with Crippen molar-refractivity contribution in [1.82, 2.24) is 0 Å². The molecule has 0 spiro atoms. The van der Waals surface area contributed by atoms with Gasteiger partial charge in [0.15, 0.2) is 0 Å². The third-order valence-corrected chi connectivity index (χ3v) is 9.68. The lowest BCUT2D eigenvalue weighted by molar-refractivity contribution is -0.154. The minimum absolute atomic E-state index is 0.0380. The quantitative estimate of drug-likeness (QED) is 0.230. The van der Waals surface area contributed by atoms with Crippen molar-refractivity contribution in [2.75, 3.05) is 13.2 Å². The third kappa shape index (κ3) is 4.68. The average Bonchev–Trinajstić information content (AvgIpc) is 3.13. The molecule has 0 aliphatic heterocycles. The molecule has 0 unspecified atom stereocenters. The van der Waals surface area contributed by atoms with Gasteiger partial charge in [-0.15, -0.1) is 0 Å². The number of allylic oxidation sites excluding steroid dienone is 2. The van der Waals surface area contributed by atoms with Crippen LogP contribution in [0.2, 0.25) is 0 Å². The van der Waals surface area contributed by atoms with Crippen molar-refractivity contribution >= 4 is 17.7 Å². The van der Waals surface area contributed by atoms with Gasteiger partial charge >= 0.3 is 11.9 Å². The van der Waals surface area contributed by atoms with Crippen LogP contribution in [0.15, 0.2) is 28.5 Å². The Morgan fingerprint density at radius 2 is 1.89 bits per heavy atom. The number of rotatable bonds is 7. The number of nitrogens with two attached hydrogens (primary N) is 1. The monoisotopic (exact) mass is 486 g/mol. The summed E-state index contributed by atoms with van der Waals surface area (Å²) in [5.74, 6) is 0.521. The lowest BCUT2D eigenvalue weighted by Crippen LogP contribution is -2.52. The normalized spacial score (nSPS) is 37.8. The molecule has 7 heteroatoms. The molecule has 3 fully saturated rings. The van der Waals surface area contributed by atoms with Gasteiger partial charge in [0, 0.05) is 24.1 Å². The molecule has 0 radical (unpaired) electrons. The van der Waals surface area contributed by atoms with E-state index in [0.717, 1.165) is 62.8 Å². The fourth-order valence-corrected chi connectivity index (χ4v) is 8.18. The lowest BCUT2D eigenvalue weighted by atomic mass is 9.46. The molecule has 6 atom stereocenters. The summed E-state index contributed by atoms with van der Waals surface area (Å²) in [4.78, 5) is 28.5. The van der Waals surface area contributed by atoms with Crippen LogP contribution < -0.4 is 5.73 Å². The maximum absolute atomic E-state index is 12.3. The Morgan fingerprint density at radius 1 is 1.11 bits per heavy atom. The second kappa shape index (κ2) is 10.1. The predicted molar refractivity (Wildman–Crippen MR) is 135 cm³/mol. The van der Waals surface area contributed by atoms with Crippen molar-refractivity contribution in [3.05, 3.63) is 23.3 Å². The molecule has 7 nitrogen and oxygen atoms in total. The summed E-state index contributed by atoms with van der Waals surface area (Å²) in [7, 11) is 0. The molecule has 4 rings (SSSR count). The fraction of sp³-hybridized carbons (Fsp3) is 0.750. The van der Waals surface area contributed by atoms with Crippen LogP contribution in [-0.4, -0.2) is 42.0 Å². The Hall–Kier alpha value is -2.15. The van der Waals surface area contributed by atoms with Crippen LogP contribution >= 0.6 is 0 Å². The molecule has 194 valence electrons. The van der Waals surface area contributed by atoms with Crippen LogP contribution in [0.4, 0.5) is 0 Å². The lowest BCUT2D eigenvalue weighted by Gasteiger charge is -2.58. The Labute approximate surface area is 209 Å². The summed E-state index contributed by atoms with van der Waals surface area (Å²) in [6.45, 7) is 10.2. The predicted octanol–water partition coefficient (Wildman–Crippen LogP) is 4.86. The summed E-state index contributed by atoms with van der Waals surface area (Å²) in [6, 6.07) is 0. The van der Waals surface area contributed by atoms with Gasteiger partial charge < -0.3 is 20.4 Å². The van der Waals surface area contributed by atoms with E-state index in [1.165, 1.54) is 12.0 Å². The number of hydrogen-bond acceptors (Lipinski definition) is 6. The minimum atomic E-state index is -1.13. The standard InChI is InChI=1S/C28H42N2O5/c1-17(2)26-21-6-5-18-19-7-8-23(35-25(33)10-9-24(31)32)28(19,4)13-11-20(18)27(21,3)14-12-22(26)30-34-16-15-29/h9-10,17-20,23H,5-8,11-16,29H2,1-4H3,(H,31,32)/b10-9+,30-22+/t18-,19-,20-,23-,27+,28-/m0/s1. The Bertz CT molecular complexity index is 938. The summed E-state index contributed by atoms with van der Waals surface area (Å²) in [6.07, 6.45) is 10.2. The van der Waals surface area contributed by atoms with E-state index in [1.54, 1.807) is 5.57 Å². The van der Waals surface area contributed by atoms with Gasteiger partial charge in [-0.2, -0.15) is 0 Å². The van der Waals surface area contributed by atoms with Crippen molar-refractivity contribution < 1.29 is 24.3 Å². The molecule has 0 aromatic carbocycles. The van der Waals surface area contributed by atoms with E-state index in [4.69, 9.17) is 20.4 Å². The van der Waals surface area contributed by atoms with E-state index in [-0.39, 0.29) is 16.9 Å². The molecule has 0 aromatic rings. The van der Waals surface area contributed by atoms with Crippen LogP contribution in [0.1, 0.15) is 79.1 Å². The van der Waals surface area contributed by atoms with Crippen molar-refractivity contribution in [3.8, 4) is 0 Å². The van der Waals surface area contributed by atoms with E-state index >= 15 is 0 Å². The molecular weight excluding hydrogens is 444 g/mol. The first-order valence-electron chi connectivity index (χ1n) is 13.4. The minimum Gasteiger partial charge on any atom is -0.478 e. The highest BCUT2D eigenvalue weighted by atomic mass is 16.6. The molecule has 3 saturated carbocycles. The number of ether oxygens (including phenoxy) is 1. The number of esters is 1. The highest BCUT2D eigenvalue weighted by Crippen LogP contribution is 2.66. The number of carbonyl (C=O) groups excluding carboxylic acids is 1. The number of aliphatic carboxylic acids is 1. The number of carboxylic acid groups (broad SMARTS) is 1. The Kier molecular flexibility index (Phi) is 7.46. The summed E-state index contributed by atoms with van der Waals surface area (Å²) in [5.41, 5.74) is 9.85. The van der Waals surface area contributed by atoms with Gasteiger partial charge in [-0.25, -0.2) is 9.59 Å². The van der Waals surface area contributed by atoms with Crippen LogP contribution in [0.25, 0.3) is 0 Å². The Balaban J connectivity index is 1.57. The molecule has 0 amide bonds. The molecular formula is C28H42N2O5.